The molecule has 0 radical (unpaired) electrons. The molecule has 4 nitrogen and oxygen atoms in total. The van der Waals surface area contributed by atoms with E-state index in [0.29, 0.717) is 6.42 Å². The second kappa shape index (κ2) is 5.13. The summed E-state index contributed by atoms with van der Waals surface area (Å²) < 4.78 is 5.27. The van der Waals surface area contributed by atoms with Crippen LogP contribution in [0.2, 0.25) is 0 Å². The number of benzene rings is 1. The summed E-state index contributed by atoms with van der Waals surface area (Å²) in [5.74, 6) is 1.03. The Balaban J connectivity index is 1.85. The molecule has 0 bridgehead atoms. The first-order valence-electron chi connectivity index (χ1n) is 7.72. The van der Waals surface area contributed by atoms with Crippen molar-refractivity contribution in [3.8, 4) is 16.9 Å². The fourth-order valence-electron chi connectivity index (χ4n) is 3.51. The van der Waals surface area contributed by atoms with Crippen LogP contribution in [0.15, 0.2) is 30.6 Å². The molecule has 3 heterocycles. The highest BCUT2D eigenvalue weighted by molar-refractivity contribution is 5.98. The average molecular weight is 294 g/mol. The number of ether oxygens (including phenoxy) is 1. The largest absolute Gasteiger partial charge is 0.495 e. The number of pyridine rings is 1. The lowest BCUT2D eigenvalue weighted by Gasteiger charge is -2.35. The van der Waals surface area contributed by atoms with Gasteiger partial charge in [-0.3, -0.25) is 9.78 Å². The van der Waals surface area contributed by atoms with E-state index in [1.54, 1.807) is 13.3 Å². The van der Waals surface area contributed by atoms with Gasteiger partial charge in [0.25, 0.3) is 0 Å². The van der Waals surface area contributed by atoms with Crippen LogP contribution < -0.4 is 9.64 Å². The third-order valence-corrected chi connectivity index (χ3v) is 4.56. The van der Waals surface area contributed by atoms with Gasteiger partial charge in [-0.05, 0) is 54.2 Å². The summed E-state index contributed by atoms with van der Waals surface area (Å²) in [6.07, 6.45) is 7.11. The monoisotopic (exact) mass is 294 g/mol. The van der Waals surface area contributed by atoms with Crippen LogP contribution in [0, 0.1) is 0 Å². The smallest absolute Gasteiger partial charge is 0.227 e. The van der Waals surface area contributed by atoms with Gasteiger partial charge in [0.1, 0.15) is 5.75 Å². The van der Waals surface area contributed by atoms with Crippen molar-refractivity contribution in [3.05, 3.63) is 41.7 Å². The number of hydrogen-bond acceptors (Lipinski definition) is 3. The molecule has 4 rings (SSSR count). The molecule has 2 aliphatic heterocycles. The summed E-state index contributed by atoms with van der Waals surface area (Å²) in [6, 6.07) is 6.43. The number of hydrogen-bond donors (Lipinski definition) is 0. The molecule has 2 aromatic rings. The average Bonchev–Trinajstić information content (AvgIpc) is 2.58. The van der Waals surface area contributed by atoms with Crippen LogP contribution in [0.1, 0.15) is 24.0 Å². The zero-order valence-electron chi connectivity index (χ0n) is 12.6. The van der Waals surface area contributed by atoms with Crippen LogP contribution in [0.25, 0.3) is 11.1 Å². The van der Waals surface area contributed by atoms with Crippen molar-refractivity contribution in [2.45, 2.75) is 25.7 Å². The first-order chi connectivity index (χ1) is 10.8. The molecule has 0 unspecified atom stereocenters. The number of amides is 1. The highest BCUT2D eigenvalue weighted by Gasteiger charge is 2.29. The molecule has 1 amide bonds. The van der Waals surface area contributed by atoms with Gasteiger partial charge in [0, 0.05) is 24.7 Å². The fraction of sp³-hybridized carbons (Fsp3) is 0.333. The molecular formula is C18H18N2O2. The molecule has 0 spiro atoms. The molecule has 0 saturated carbocycles. The third kappa shape index (κ3) is 2.06. The van der Waals surface area contributed by atoms with Crippen molar-refractivity contribution in [2.75, 3.05) is 18.6 Å². The van der Waals surface area contributed by atoms with E-state index in [2.05, 4.69) is 17.1 Å². The van der Waals surface area contributed by atoms with Crippen molar-refractivity contribution in [1.29, 1.82) is 0 Å². The molecule has 0 saturated heterocycles. The van der Waals surface area contributed by atoms with Crippen LogP contribution in [-0.2, 0) is 17.6 Å². The SMILES string of the molecule is COc1cncc(-c2cc3c4c(c2)CCC(=O)N4CCC3)c1. The molecule has 2 aliphatic rings. The molecule has 0 aliphatic carbocycles. The number of anilines is 1. The second-order valence-electron chi connectivity index (χ2n) is 5.91. The number of nitrogens with zero attached hydrogens (tertiary/aromatic N) is 2. The van der Waals surface area contributed by atoms with Crippen molar-refractivity contribution in [3.63, 3.8) is 0 Å². The Morgan fingerprint density at radius 1 is 1.05 bits per heavy atom. The Hall–Kier alpha value is -2.36. The lowest BCUT2D eigenvalue weighted by Crippen LogP contribution is -2.39. The van der Waals surface area contributed by atoms with E-state index in [-0.39, 0.29) is 5.91 Å². The minimum atomic E-state index is 0.268. The van der Waals surface area contributed by atoms with E-state index >= 15 is 0 Å². The predicted molar refractivity (Wildman–Crippen MR) is 85.2 cm³/mol. The van der Waals surface area contributed by atoms with Crippen LogP contribution >= 0.6 is 0 Å². The van der Waals surface area contributed by atoms with Crippen molar-refractivity contribution < 1.29 is 9.53 Å². The molecule has 1 aromatic heterocycles. The van der Waals surface area contributed by atoms with Crippen molar-refractivity contribution in [2.24, 2.45) is 0 Å². The first-order valence-corrected chi connectivity index (χ1v) is 7.72. The van der Waals surface area contributed by atoms with Gasteiger partial charge in [0.2, 0.25) is 5.91 Å². The van der Waals surface area contributed by atoms with Gasteiger partial charge in [-0.25, -0.2) is 0 Å². The molecule has 22 heavy (non-hydrogen) atoms. The molecule has 0 atom stereocenters. The highest BCUT2D eigenvalue weighted by Crippen LogP contribution is 2.39. The van der Waals surface area contributed by atoms with Gasteiger partial charge in [0.05, 0.1) is 19.0 Å². The van der Waals surface area contributed by atoms with Crippen molar-refractivity contribution >= 4 is 11.6 Å². The Kier molecular flexibility index (Phi) is 3.10. The van der Waals surface area contributed by atoms with Gasteiger partial charge in [0.15, 0.2) is 0 Å². The quantitative estimate of drug-likeness (QED) is 0.855. The van der Waals surface area contributed by atoms with E-state index in [1.165, 1.54) is 16.8 Å². The molecule has 4 heteroatoms. The summed E-state index contributed by atoms with van der Waals surface area (Å²) in [6.45, 7) is 0.860. The highest BCUT2D eigenvalue weighted by atomic mass is 16.5. The maximum Gasteiger partial charge on any atom is 0.227 e. The number of aryl methyl sites for hydroxylation is 2. The van der Waals surface area contributed by atoms with Crippen LogP contribution in [0.5, 0.6) is 5.75 Å². The maximum atomic E-state index is 12.1. The van der Waals surface area contributed by atoms with E-state index in [4.69, 9.17) is 4.74 Å². The zero-order chi connectivity index (χ0) is 15.1. The maximum absolute atomic E-state index is 12.1. The Morgan fingerprint density at radius 2 is 1.86 bits per heavy atom. The number of carbonyl (C=O) groups excluding carboxylic acids is 1. The number of carbonyl (C=O) groups is 1. The van der Waals surface area contributed by atoms with Crippen LogP contribution in [0.4, 0.5) is 5.69 Å². The van der Waals surface area contributed by atoms with Gasteiger partial charge < -0.3 is 9.64 Å². The minimum Gasteiger partial charge on any atom is -0.495 e. The summed E-state index contributed by atoms with van der Waals surface area (Å²) >= 11 is 0. The van der Waals surface area contributed by atoms with E-state index in [0.717, 1.165) is 42.7 Å². The van der Waals surface area contributed by atoms with Gasteiger partial charge in [-0.15, -0.1) is 0 Å². The molecule has 0 N–H and O–H groups in total. The van der Waals surface area contributed by atoms with E-state index < -0.39 is 0 Å². The first kappa shape index (κ1) is 13.3. The van der Waals surface area contributed by atoms with Crippen molar-refractivity contribution in [1.82, 2.24) is 4.98 Å². The van der Waals surface area contributed by atoms with E-state index in [9.17, 15) is 4.79 Å². The summed E-state index contributed by atoms with van der Waals surface area (Å²) in [4.78, 5) is 18.3. The lowest BCUT2D eigenvalue weighted by atomic mass is 9.88. The number of aromatic nitrogens is 1. The standard InChI is InChI=1S/C18H18N2O2/c1-22-16-9-15(10-19-11-16)14-7-12-3-2-6-20-17(21)5-4-13(8-14)18(12)20/h7-11H,2-6H2,1H3. The molecule has 1 aromatic carbocycles. The van der Waals surface area contributed by atoms with Gasteiger partial charge >= 0.3 is 0 Å². The zero-order valence-corrected chi connectivity index (χ0v) is 12.6. The van der Waals surface area contributed by atoms with Gasteiger partial charge in [-0.1, -0.05) is 0 Å². The summed E-state index contributed by atoms with van der Waals surface area (Å²) in [5, 5.41) is 0. The fourth-order valence-corrected chi connectivity index (χ4v) is 3.51. The van der Waals surface area contributed by atoms with Crippen LogP contribution in [0.3, 0.4) is 0 Å². The Morgan fingerprint density at radius 3 is 2.68 bits per heavy atom. The van der Waals surface area contributed by atoms with Crippen LogP contribution in [-0.4, -0.2) is 24.5 Å². The third-order valence-electron chi connectivity index (χ3n) is 4.56. The molecule has 112 valence electrons. The normalized spacial score (nSPS) is 16.4. The topological polar surface area (TPSA) is 42.4 Å². The van der Waals surface area contributed by atoms with E-state index in [1.807, 2.05) is 17.2 Å². The second-order valence-corrected chi connectivity index (χ2v) is 5.91. The minimum absolute atomic E-state index is 0.268. The summed E-state index contributed by atoms with van der Waals surface area (Å²) in [7, 11) is 1.65. The van der Waals surface area contributed by atoms with Gasteiger partial charge in [-0.2, -0.15) is 0 Å². The molecular weight excluding hydrogens is 276 g/mol. The number of rotatable bonds is 2. The Labute approximate surface area is 129 Å². The number of methoxy groups -OCH3 is 1. The molecule has 0 fully saturated rings. The lowest BCUT2D eigenvalue weighted by molar-refractivity contribution is -0.119. The summed E-state index contributed by atoms with van der Waals surface area (Å²) in [5.41, 5.74) is 5.97. The predicted octanol–water partition coefficient (Wildman–Crippen LogP) is 2.98. The Bertz CT molecular complexity index is 737.